The van der Waals surface area contributed by atoms with Crippen LogP contribution >= 0.6 is 0 Å². The van der Waals surface area contributed by atoms with Crippen molar-refractivity contribution < 1.29 is 14.3 Å². The molecule has 1 aromatic carbocycles. The molecule has 26 heavy (non-hydrogen) atoms. The number of likely N-dealkylation sites (tertiary alicyclic amines) is 1. The van der Waals surface area contributed by atoms with Gasteiger partial charge in [-0.3, -0.25) is 9.59 Å². The molecule has 134 valence electrons. The van der Waals surface area contributed by atoms with Crippen LogP contribution in [0.25, 0.3) is 0 Å². The van der Waals surface area contributed by atoms with E-state index in [4.69, 9.17) is 10.5 Å². The molecule has 1 saturated heterocycles. The Hall–Kier alpha value is -3.09. The summed E-state index contributed by atoms with van der Waals surface area (Å²) < 4.78 is 5.78. The van der Waals surface area contributed by atoms with Crippen LogP contribution in [0, 0.1) is 0 Å². The van der Waals surface area contributed by atoms with Crippen LogP contribution in [0.5, 0.6) is 5.75 Å². The number of carbonyl (C=O) groups excluding carboxylic acids is 2. The van der Waals surface area contributed by atoms with Gasteiger partial charge >= 0.3 is 0 Å². The number of anilines is 2. The lowest BCUT2D eigenvalue weighted by atomic mass is 10.1. The van der Waals surface area contributed by atoms with E-state index in [1.54, 1.807) is 18.2 Å². The Kier molecular flexibility index (Phi) is 4.20. The molecule has 2 aliphatic heterocycles. The molecule has 7 nitrogen and oxygen atoms in total. The molecule has 0 bridgehead atoms. The Morgan fingerprint density at radius 1 is 1.04 bits per heavy atom. The summed E-state index contributed by atoms with van der Waals surface area (Å²) in [6.07, 6.45) is 3.60. The first-order valence-electron chi connectivity index (χ1n) is 8.73. The van der Waals surface area contributed by atoms with Crippen molar-refractivity contribution in [2.75, 3.05) is 31.1 Å². The second kappa shape index (κ2) is 6.67. The van der Waals surface area contributed by atoms with Gasteiger partial charge in [0.05, 0.1) is 17.8 Å². The van der Waals surface area contributed by atoms with E-state index in [-0.39, 0.29) is 5.91 Å². The number of nitrogens with two attached hydrogens (primary N) is 1. The van der Waals surface area contributed by atoms with Crippen LogP contribution in [-0.4, -0.2) is 47.9 Å². The van der Waals surface area contributed by atoms with Crippen LogP contribution in [0.1, 0.15) is 33.6 Å². The van der Waals surface area contributed by atoms with Crippen molar-refractivity contribution in [2.24, 2.45) is 5.73 Å². The van der Waals surface area contributed by atoms with Crippen molar-refractivity contribution >= 4 is 23.3 Å². The molecule has 4 rings (SSSR count). The number of aromatic nitrogens is 1. The number of hydrogen-bond donors (Lipinski definition) is 1. The Bertz CT molecular complexity index is 844. The minimum Gasteiger partial charge on any atom is -0.490 e. The molecule has 1 aromatic heterocycles. The average molecular weight is 352 g/mol. The lowest BCUT2D eigenvalue weighted by molar-refractivity contribution is 0.0792. The lowest BCUT2D eigenvalue weighted by Crippen LogP contribution is -2.30. The van der Waals surface area contributed by atoms with Gasteiger partial charge in [0.25, 0.3) is 5.91 Å². The highest BCUT2D eigenvalue weighted by Gasteiger charge is 2.24. The summed E-state index contributed by atoms with van der Waals surface area (Å²) in [7, 11) is 0. The molecule has 0 saturated carbocycles. The molecule has 2 aromatic rings. The molecule has 2 N–H and O–H groups in total. The van der Waals surface area contributed by atoms with Crippen LogP contribution in [0.3, 0.4) is 0 Å². The maximum atomic E-state index is 12.6. The van der Waals surface area contributed by atoms with E-state index in [1.807, 2.05) is 21.9 Å². The van der Waals surface area contributed by atoms with Crippen molar-refractivity contribution in [1.29, 1.82) is 0 Å². The predicted molar refractivity (Wildman–Crippen MR) is 96.8 cm³/mol. The monoisotopic (exact) mass is 352 g/mol. The molecular weight excluding hydrogens is 332 g/mol. The van der Waals surface area contributed by atoms with Gasteiger partial charge in [-0.15, -0.1) is 0 Å². The van der Waals surface area contributed by atoms with Crippen molar-refractivity contribution in [3.8, 4) is 5.75 Å². The summed E-state index contributed by atoms with van der Waals surface area (Å²) in [5, 5.41) is 0. The fraction of sp³-hybridized carbons (Fsp3) is 0.316. The molecule has 2 aliphatic rings. The standard InChI is InChI=1S/C19H20N4O3/c20-18(24)14-4-6-17(21-12-14)23-9-10-26-16-11-13(3-5-15(16)23)19(25)22-7-1-2-8-22/h3-6,11-12H,1-2,7-10H2,(H2,20,24). The first-order chi connectivity index (χ1) is 12.6. The second-order valence-electron chi connectivity index (χ2n) is 6.45. The summed E-state index contributed by atoms with van der Waals surface area (Å²) in [4.78, 5) is 32.0. The van der Waals surface area contributed by atoms with Gasteiger partial charge in [-0.1, -0.05) is 0 Å². The predicted octanol–water partition coefficient (Wildman–Crippen LogP) is 1.95. The number of primary amides is 1. The lowest BCUT2D eigenvalue weighted by Gasteiger charge is -2.31. The number of amides is 2. The molecule has 0 radical (unpaired) electrons. The summed E-state index contributed by atoms with van der Waals surface area (Å²) in [6.45, 7) is 2.76. The van der Waals surface area contributed by atoms with Crippen LogP contribution in [0.2, 0.25) is 0 Å². The Morgan fingerprint density at radius 2 is 1.81 bits per heavy atom. The average Bonchev–Trinajstić information content (AvgIpc) is 3.21. The largest absolute Gasteiger partial charge is 0.490 e. The number of pyridine rings is 1. The van der Waals surface area contributed by atoms with E-state index >= 15 is 0 Å². The van der Waals surface area contributed by atoms with E-state index < -0.39 is 5.91 Å². The molecule has 1 fully saturated rings. The highest BCUT2D eigenvalue weighted by Crippen LogP contribution is 2.36. The summed E-state index contributed by atoms with van der Waals surface area (Å²) >= 11 is 0. The van der Waals surface area contributed by atoms with Crippen molar-refractivity contribution in [2.45, 2.75) is 12.8 Å². The number of carbonyl (C=O) groups is 2. The number of nitrogens with zero attached hydrogens (tertiary/aromatic N) is 3. The fourth-order valence-electron chi connectivity index (χ4n) is 3.39. The molecular formula is C19H20N4O3. The van der Waals surface area contributed by atoms with Gasteiger partial charge in [0.2, 0.25) is 5.91 Å². The number of hydrogen-bond acceptors (Lipinski definition) is 5. The van der Waals surface area contributed by atoms with E-state index in [9.17, 15) is 9.59 Å². The summed E-state index contributed by atoms with van der Waals surface area (Å²) in [5.74, 6) is 0.923. The van der Waals surface area contributed by atoms with E-state index in [2.05, 4.69) is 4.98 Å². The van der Waals surface area contributed by atoms with E-state index in [1.165, 1.54) is 6.20 Å². The quantitative estimate of drug-likeness (QED) is 0.912. The minimum atomic E-state index is -0.503. The maximum absolute atomic E-state index is 12.6. The molecule has 0 unspecified atom stereocenters. The zero-order valence-corrected chi connectivity index (χ0v) is 14.4. The molecule has 3 heterocycles. The number of fused-ring (bicyclic) bond motifs is 1. The van der Waals surface area contributed by atoms with Crippen molar-refractivity contribution in [3.63, 3.8) is 0 Å². The van der Waals surface area contributed by atoms with Crippen LogP contribution in [-0.2, 0) is 0 Å². The molecule has 0 spiro atoms. The van der Waals surface area contributed by atoms with Gasteiger partial charge in [-0.05, 0) is 43.2 Å². The maximum Gasteiger partial charge on any atom is 0.253 e. The first-order valence-corrected chi connectivity index (χ1v) is 8.73. The van der Waals surface area contributed by atoms with Gasteiger partial charge in [-0.25, -0.2) is 4.98 Å². The van der Waals surface area contributed by atoms with Crippen LogP contribution in [0.15, 0.2) is 36.5 Å². The highest BCUT2D eigenvalue weighted by molar-refractivity contribution is 5.96. The SMILES string of the molecule is NC(=O)c1ccc(N2CCOc3cc(C(=O)N4CCCC4)ccc32)nc1. The van der Waals surface area contributed by atoms with Crippen LogP contribution in [0.4, 0.5) is 11.5 Å². The highest BCUT2D eigenvalue weighted by atomic mass is 16.5. The summed E-state index contributed by atoms with van der Waals surface area (Å²) in [5.41, 5.74) is 7.13. The third kappa shape index (κ3) is 2.96. The third-order valence-corrected chi connectivity index (χ3v) is 4.77. The van der Waals surface area contributed by atoms with Crippen molar-refractivity contribution in [3.05, 3.63) is 47.7 Å². The zero-order chi connectivity index (χ0) is 18.1. The topological polar surface area (TPSA) is 88.8 Å². The van der Waals surface area contributed by atoms with E-state index in [0.717, 1.165) is 31.6 Å². The van der Waals surface area contributed by atoms with Crippen LogP contribution < -0.4 is 15.4 Å². The van der Waals surface area contributed by atoms with Gasteiger partial charge in [0.1, 0.15) is 18.2 Å². The van der Waals surface area contributed by atoms with E-state index in [0.29, 0.717) is 35.8 Å². The Balaban J connectivity index is 1.62. The third-order valence-electron chi connectivity index (χ3n) is 4.77. The summed E-state index contributed by atoms with van der Waals surface area (Å²) in [6, 6.07) is 8.95. The molecule has 2 amide bonds. The Morgan fingerprint density at radius 3 is 2.50 bits per heavy atom. The van der Waals surface area contributed by atoms with Gasteiger partial charge in [-0.2, -0.15) is 0 Å². The number of ether oxygens (including phenoxy) is 1. The minimum absolute atomic E-state index is 0.0509. The normalized spacial score (nSPS) is 16.2. The molecule has 0 aliphatic carbocycles. The molecule has 0 atom stereocenters. The molecule has 7 heteroatoms. The first kappa shape index (κ1) is 16.4. The van der Waals surface area contributed by atoms with Gasteiger partial charge < -0.3 is 20.3 Å². The number of rotatable bonds is 3. The van der Waals surface area contributed by atoms with Gasteiger partial charge in [0, 0.05) is 24.8 Å². The number of benzene rings is 1. The Labute approximate surface area is 151 Å². The second-order valence-corrected chi connectivity index (χ2v) is 6.45. The smallest absolute Gasteiger partial charge is 0.253 e. The van der Waals surface area contributed by atoms with Crippen molar-refractivity contribution in [1.82, 2.24) is 9.88 Å². The van der Waals surface area contributed by atoms with Gasteiger partial charge in [0.15, 0.2) is 0 Å². The zero-order valence-electron chi connectivity index (χ0n) is 14.4. The fourth-order valence-corrected chi connectivity index (χ4v) is 3.39.